The fourth-order valence-corrected chi connectivity index (χ4v) is 5.51. The molecule has 0 bridgehead atoms. The van der Waals surface area contributed by atoms with Crippen LogP contribution in [0.25, 0.3) is 11.1 Å². The van der Waals surface area contributed by atoms with Gasteiger partial charge in [-0.05, 0) is 68.7 Å². The smallest absolute Gasteiger partial charge is 0.306 e. The molecule has 1 aliphatic carbocycles. The third-order valence-corrected chi connectivity index (χ3v) is 7.28. The highest BCUT2D eigenvalue weighted by Gasteiger charge is 2.28. The number of hydrogen-bond acceptors (Lipinski definition) is 4. The lowest BCUT2D eigenvalue weighted by atomic mass is 9.86. The molecule has 31 heavy (non-hydrogen) atoms. The van der Waals surface area contributed by atoms with Crippen molar-refractivity contribution in [1.29, 1.82) is 0 Å². The zero-order valence-corrected chi connectivity index (χ0v) is 18.6. The molecule has 1 saturated carbocycles. The van der Waals surface area contributed by atoms with E-state index in [-0.39, 0.29) is 17.9 Å². The molecular weight excluding hydrogens is 410 g/mol. The summed E-state index contributed by atoms with van der Waals surface area (Å²) in [6, 6.07) is 10.3. The van der Waals surface area contributed by atoms with Gasteiger partial charge in [-0.25, -0.2) is 0 Å². The lowest BCUT2D eigenvalue weighted by Crippen LogP contribution is -2.39. The topological polar surface area (TPSA) is 79.5 Å². The van der Waals surface area contributed by atoms with Crippen molar-refractivity contribution in [3.8, 4) is 11.1 Å². The molecule has 3 aromatic rings. The Bertz CT molecular complexity index is 1060. The zero-order valence-electron chi connectivity index (χ0n) is 17.8. The highest BCUT2D eigenvalue weighted by atomic mass is 32.1. The molecule has 1 aliphatic rings. The Balaban J connectivity index is 1.47. The molecule has 0 aliphatic heterocycles. The summed E-state index contributed by atoms with van der Waals surface area (Å²) in [5.74, 6) is -1.04. The molecule has 4 rings (SSSR count). The Morgan fingerprint density at radius 3 is 2.35 bits per heavy atom. The van der Waals surface area contributed by atoms with Crippen molar-refractivity contribution in [2.24, 2.45) is 5.92 Å². The van der Waals surface area contributed by atoms with Crippen LogP contribution in [0.1, 0.15) is 56.9 Å². The summed E-state index contributed by atoms with van der Waals surface area (Å²) in [4.78, 5) is 26.5. The number of carbonyl (C=O) groups is 2. The maximum Gasteiger partial charge on any atom is 0.306 e. The highest BCUT2D eigenvalue weighted by molar-refractivity contribution is 7.12. The molecule has 0 spiro atoms. The summed E-state index contributed by atoms with van der Waals surface area (Å²) in [6.07, 6.45) is 6.78. The third-order valence-electron chi connectivity index (χ3n) is 6.21. The van der Waals surface area contributed by atoms with Crippen LogP contribution in [0.5, 0.6) is 0 Å². The van der Waals surface area contributed by atoms with Crippen molar-refractivity contribution in [2.75, 3.05) is 0 Å². The van der Waals surface area contributed by atoms with E-state index in [2.05, 4.69) is 36.5 Å². The summed E-state index contributed by atoms with van der Waals surface area (Å²) in [6.45, 7) is 4.07. The van der Waals surface area contributed by atoms with E-state index in [0.717, 1.165) is 50.4 Å². The number of hydrogen-bond donors (Lipinski definition) is 2. The Labute approximate surface area is 186 Å². The van der Waals surface area contributed by atoms with Crippen LogP contribution in [0.2, 0.25) is 0 Å². The molecule has 0 unspecified atom stereocenters. The van der Waals surface area contributed by atoms with E-state index in [0.29, 0.717) is 19.3 Å². The van der Waals surface area contributed by atoms with Gasteiger partial charge in [-0.2, -0.15) is 0 Å². The maximum absolute atomic E-state index is 13.2. The van der Waals surface area contributed by atoms with Crippen molar-refractivity contribution in [3.63, 3.8) is 0 Å². The third kappa shape index (κ3) is 4.74. The second-order valence-electron chi connectivity index (χ2n) is 8.31. The number of thiophene rings is 1. The molecular formula is C25H27NO4S. The first kappa shape index (κ1) is 21.4. The lowest BCUT2D eigenvalue weighted by molar-refractivity contribution is -0.142. The number of amides is 1. The van der Waals surface area contributed by atoms with Crippen molar-refractivity contribution in [3.05, 3.63) is 69.3 Å². The first-order valence-corrected chi connectivity index (χ1v) is 11.5. The van der Waals surface area contributed by atoms with E-state index in [1.807, 2.05) is 13.0 Å². The molecule has 2 heterocycles. The average Bonchev–Trinajstić information content (AvgIpc) is 3.37. The van der Waals surface area contributed by atoms with Gasteiger partial charge >= 0.3 is 5.97 Å². The number of benzene rings is 1. The summed E-state index contributed by atoms with van der Waals surface area (Å²) in [5.41, 5.74) is 5.17. The number of aryl methyl sites for hydroxylation is 2. The lowest BCUT2D eigenvalue weighted by Gasteiger charge is -2.27. The number of nitrogens with one attached hydrogen (secondary N) is 1. The van der Waals surface area contributed by atoms with Gasteiger partial charge in [-0.3, -0.25) is 9.59 Å². The van der Waals surface area contributed by atoms with E-state index in [4.69, 9.17) is 4.42 Å². The van der Waals surface area contributed by atoms with Crippen LogP contribution in [-0.2, 0) is 11.2 Å². The quantitative estimate of drug-likeness (QED) is 0.527. The van der Waals surface area contributed by atoms with Crippen molar-refractivity contribution in [2.45, 2.75) is 52.0 Å². The minimum atomic E-state index is -0.727. The van der Waals surface area contributed by atoms with Gasteiger partial charge < -0.3 is 14.8 Å². The van der Waals surface area contributed by atoms with Crippen LogP contribution in [0.4, 0.5) is 0 Å². The maximum atomic E-state index is 13.2. The van der Waals surface area contributed by atoms with E-state index in [1.165, 1.54) is 0 Å². The van der Waals surface area contributed by atoms with Crippen molar-refractivity contribution < 1.29 is 19.1 Å². The molecule has 1 fully saturated rings. The van der Waals surface area contributed by atoms with Gasteiger partial charge in [0, 0.05) is 21.4 Å². The second-order valence-corrected chi connectivity index (χ2v) is 9.74. The fourth-order valence-electron chi connectivity index (χ4n) is 4.43. The average molecular weight is 438 g/mol. The zero-order chi connectivity index (χ0) is 22.0. The van der Waals surface area contributed by atoms with Gasteiger partial charge in [0.2, 0.25) is 0 Å². The Kier molecular flexibility index (Phi) is 6.28. The minimum absolute atomic E-state index is 0.0364. The Morgan fingerprint density at radius 2 is 1.74 bits per heavy atom. The SMILES string of the molecule is Cc1sc(C)c(C(=O)NC2CCC(C(=O)O)CC2)c1Cc1ccc(-c2ccoc2)cc1. The molecule has 0 radical (unpaired) electrons. The molecule has 1 aromatic carbocycles. The van der Waals surface area contributed by atoms with Crippen molar-refractivity contribution >= 4 is 23.2 Å². The first-order valence-electron chi connectivity index (χ1n) is 10.7. The number of carboxylic acids is 1. The van der Waals surface area contributed by atoms with Crippen LogP contribution in [0.3, 0.4) is 0 Å². The van der Waals surface area contributed by atoms with E-state index in [9.17, 15) is 14.7 Å². The number of rotatable bonds is 6. The van der Waals surface area contributed by atoms with Gasteiger partial charge in [-0.15, -0.1) is 11.3 Å². The van der Waals surface area contributed by atoms with Crippen LogP contribution in [0.15, 0.2) is 47.3 Å². The van der Waals surface area contributed by atoms with Gasteiger partial charge in [-0.1, -0.05) is 24.3 Å². The Morgan fingerprint density at radius 1 is 1.03 bits per heavy atom. The van der Waals surface area contributed by atoms with E-state index < -0.39 is 5.97 Å². The normalized spacial score (nSPS) is 18.6. The van der Waals surface area contributed by atoms with Crippen LogP contribution in [0, 0.1) is 19.8 Å². The molecule has 2 N–H and O–H groups in total. The summed E-state index contributed by atoms with van der Waals surface area (Å²) in [5, 5.41) is 12.3. The number of carboxylic acid groups (broad SMARTS) is 1. The van der Waals surface area contributed by atoms with Gasteiger partial charge in [0.05, 0.1) is 24.0 Å². The summed E-state index contributed by atoms with van der Waals surface area (Å²) in [7, 11) is 0. The largest absolute Gasteiger partial charge is 0.481 e. The predicted octanol–water partition coefficient (Wildman–Crippen LogP) is 5.59. The van der Waals surface area contributed by atoms with Crippen LogP contribution >= 0.6 is 11.3 Å². The monoisotopic (exact) mass is 437 g/mol. The van der Waals surface area contributed by atoms with Crippen LogP contribution < -0.4 is 5.32 Å². The molecule has 2 aromatic heterocycles. The first-order chi connectivity index (χ1) is 14.9. The van der Waals surface area contributed by atoms with Gasteiger partial charge in [0.1, 0.15) is 0 Å². The number of furan rings is 1. The molecule has 162 valence electrons. The minimum Gasteiger partial charge on any atom is -0.481 e. The molecule has 0 atom stereocenters. The highest BCUT2D eigenvalue weighted by Crippen LogP contribution is 2.31. The standard InChI is InChI=1S/C25H27NO4S/c1-15-22(13-17-3-5-18(6-4-17)20-11-12-30-14-20)23(16(2)31-15)24(27)26-21-9-7-19(8-10-21)25(28)29/h3-6,11-12,14,19,21H,7-10,13H2,1-2H3,(H,26,27)(H,28,29). The van der Waals surface area contributed by atoms with E-state index in [1.54, 1.807) is 23.9 Å². The summed E-state index contributed by atoms with van der Waals surface area (Å²) < 4.78 is 5.16. The predicted molar refractivity (Wildman–Crippen MR) is 122 cm³/mol. The number of carbonyl (C=O) groups excluding carboxylic acids is 1. The fraction of sp³-hybridized carbons (Fsp3) is 0.360. The van der Waals surface area contributed by atoms with Crippen LogP contribution in [-0.4, -0.2) is 23.0 Å². The molecule has 1 amide bonds. The Hall–Kier alpha value is -2.86. The molecule has 0 saturated heterocycles. The molecule has 5 nitrogen and oxygen atoms in total. The van der Waals surface area contributed by atoms with E-state index >= 15 is 0 Å². The molecule has 6 heteroatoms. The van der Waals surface area contributed by atoms with Gasteiger partial charge in [0.15, 0.2) is 0 Å². The van der Waals surface area contributed by atoms with Crippen molar-refractivity contribution in [1.82, 2.24) is 5.32 Å². The summed E-state index contributed by atoms with van der Waals surface area (Å²) >= 11 is 1.66. The number of aliphatic carboxylic acids is 1. The van der Waals surface area contributed by atoms with Gasteiger partial charge in [0.25, 0.3) is 5.91 Å². The second kappa shape index (κ2) is 9.10.